The molecule has 194 valence electrons. The van der Waals surface area contributed by atoms with Gasteiger partial charge >= 0.3 is 0 Å². The lowest BCUT2D eigenvalue weighted by molar-refractivity contribution is -0.134. The molecule has 2 atom stereocenters. The number of carbonyl (C=O) groups excluding carboxylic acids is 2. The molecule has 1 aromatic heterocycles. The predicted octanol–water partition coefficient (Wildman–Crippen LogP) is 2.59. The fourth-order valence-electron chi connectivity index (χ4n) is 4.66. The number of carbonyl (C=O) groups is 2. The van der Waals surface area contributed by atoms with Crippen LogP contribution in [0.1, 0.15) is 32.1 Å². The van der Waals surface area contributed by atoms with Crippen molar-refractivity contribution in [1.82, 2.24) is 14.7 Å². The number of methoxy groups -OCH3 is 1. The van der Waals surface area contributed by atoms with E-state index in [1.54, 1.807) is 30.5 Å². The van der Waals surface area contributed by atoms with Gasteiger partial charge < -0.3 is 29.9 Å². The van der Waals surface area contributed by atoms with E-state index < -0.39 is 12.1 Å². The second-order valence-corrected chi connectivity index (χ2v) is 9.48. The summed E-state index contributed by atoms with van der Waals surface area (Å²) in [6.45, 7) is -0.158. The zero-order chi connectivity index (χ0) is 25.7. The molecule has 11 heteroatoms. The third-order valence-corrected chi connectivity index (χ3v) is 6.87. The van der Waals surface area contributed by atoms with E-state index in [2.05, 4.69) is 10.4 Å². The summed E-state index contributed by atoms with van der Waals surface area (Å²) in [5.74, 6) is 1.23. The van der Waals surface area contributed by atoms with Crippen LogP contribution in [0.4, 0.5) is 5.82 Å². The van der Waals surface area contributed by atoms with E-state index in [1.165, 1.54) is 22.8 Å². The first-order chi connectivity index (χ1) is 17.4. The maximum absolute atomic E-state index is 13.4. The topological polar surface area (TPSA) is 126 Å². The molecule has 1 aliphatic carbocycles. The van der Waals surface area contributed by atoms with E-state index in [-0.39, 0.29) is 31.5 Å². The highest BCUT2D eigenvalue weighted by Crippen LogP contribution is 2.36. The zero-order valence-electron chi connectivity index (χ0n) is 20.1. The Morgan fingerprint density at radius 2 is 2.03 bits per heavy atom. The minimum Gasteiger partial charge on any atom is -0.495 e. The van der Waals surface area contributed by atoms with Crippen molar-refractivity contribution >= 4 is 29.2 Å². The van der Waals surface area contributed by atoms with Gasteiger partial charge in [0.05, 0.1) is 32.9 Å². The number of rotatable bonds is 11. The molecule has 0 spiro atoms. The Hall–Kier alpha value is -3.08. The van der Waals surface area contributed by atoms with Crippen LogP contribution in [0.2, 0.25) is 5.02 Å². The molecule has 1 saturated carbocycles. The fraction of sp³-hybridized carbons (Fsp3) is 0.480. The predicted molar refractivity (Wildman–Crippen MR) is 133 cm³/mol. The lowest BCUT2D eigenvalue weighted by Crippen LogP contribution is -2.46. The highest BCUT2D eigenvalue weighted by atomic mass is 35.5. The first-order valence-electron chi connectivity index (χ1n) is 12.0. The number of amides is 2. The summed E-state index contributed by atoms with van der Waals surface area (Å²) in [7, 11) is 1.51. The fourth-order valence-corrected chi connectivity index (χ4v) is 4.90. The van der Waals surface area contributed by atoms with E-state index in [1.807, 2.05) is 0 Å². The minimum atomic E-state index is -0.951. The average Bonchev–Trinajstić information content (AvgIpc) is 3.61. The largest absolute Gasteiger partial charge is 0.495 e. The number of aromatic nitrogens is 2. The van der Waals surface area contributed by atoms with Crippen LogP contribution in [-0.4, -0.2) is 69.1 Å². The Kier molecular flexibility index (Phi) is 8.50. The van der Waals surface area contributed by atoms with Gasteiger partial charge in [0.2, 0.25) is 5.91 Å². The summed E-state index contributed by atoms with van der Waals surface area (Å²) in [5.41, 5.74) is 0. The molecule has 0 radical (unpaired) electrons. The Labute approximate surface area is 214 Å². The lowest BCUT2D eigenvalue weighted by Gasteiger charge is -2.29. The van der Waals surface area contributed by atoms with Crippen LogP contribution in [-0.2, 0) is 16.1 Å². The summed E-state index contributed by atoms with van der Waals surface area (Å²) < 4.78 is 12.6. The molecule has 2 aliphatic rings. The average molecular weight is 519 g/mol. The molecule has 2 amide bonds. The molecule has 2 unspecified atom stereocenters. The van der Waals surface area contributed by atoms with Crippen molar-refractivity contribution in [2.75, 3.05) is 25.6 Å². The monoisotopic (exact) mass is 518 g/mol. The second kappa shape index (κ2) is 11.8. The van der Waals surface area contributed by atoms with Crippen LogP contribution in [0, 0.1) is 5.92 Å². The Balaban J connectivity index is 1.47. The van der Waals surface area contributed by atoms with Crippen molar-refractivity contribution in [1.29, 1.82) is 0 Å². The minimum absolute atomic E-state index is 0.0972. The number of aliphatic hydroxyl groups is 2. The van der Waals surface area contributed by atoms with Gasteiger partial charge in [-0.25, -0.2) is 0 Å². The summed E-state index contributed by atoms with van der Waals surface area (Å²) in [6.07, 6.45) is 6.86. The number of benzene rings is 1. The number of hydrogen-bond acceptors (Lipinski definition) is 7. The highest BCUT2D eigenvalue weighted by Gasteiger charge is 2.37. The molecule has 3 N–H and O–H groups in total. The van der Waals surface area contributed by atoms with Gasteiger partial charge in [0.15, 0.2) is 5.82 Å². The third-order valence-electron chi connectivity index (χ3n) is 6.49. The second-order valence-electron chi connectivity index (χ2n) is 9.10. The van der Waals surface area contributed by atoms with Crippen molar-refractivity contribution in [3.63, 3.8) is 0 Å². The van der Waals surface area contributed by atoms with E-state index in [0.29, 0.717) is 40.4 Å². The van der Waals surface area contributed by atoms with Gasteiger partial charge in [-0.15, -0.1) is 0 Å². The number of anilines is 1. The molecular weight excluding hydrogens is 488 g/mol. The molecular formula is C25H31ClN4O6. The third kappa shape index (κ3) is 6.18. The summed E-state index contributed by atoms with van der Waals surface area (Å²) >= 11 is 6.34. The molecule has 1 aromatic carbocycles. The summed E-state index contributed by atoms with van der Waals surface area (Å²) in [6, 6.07) is 6.05. The smallest absolute Gasteiger partial charge is 0.251 e. The molecule has 1 fully saturated rings. The lowest BCUT2D eigenvalue weighted by atomic mass is 9.96. The normalized spacial score (nSPS) is 17.7. The van der Waals surface area contributed by atoms with Gasteiger partial charge in [0.25, 0.3) is 5.91 Å². The van der Waals surface area contributed by atoms with Crippen LogP contribution in [0.25, 0.3) is 0 Å². The number of halogens is 1. The van der Waals surface area contributed by atoms with Gasteiger partial charge in [-0.3, -0.25) is 14.3 Å². The number of aliphatic hydroxyl groups excluding tert-OH is 2. The van der Waals surface area contributed by atoms with Gasteiger partial charge in [0, 0.05) is 18.3 Å². The Bertz CT molecular complexity index is 1110. The highest BCUT2D eigenvalue weighted by molar-refractivity contribution is 6.33. The molecule has 2 heterocycles. The Morgan fingerprint density at radius 3 is 2.75 bits per heavy atom. The van der Waals surface area contributed by atoms with Crippen molar-refractivity contribution in [3.8, 4) is 11.5 Å². The number of nitrogens with one attached hydrogen (secondary N) is 1. The van der Waals surface area contributed by atoms with Crippen molar-refractivity contribution in [2.45, 2.75) is 50.8 Å². The van der Waals surface area contributed by atoms with E-state index in [4.69, 9.17) is 26.2 Å². The molecule has 1 aliphatic heterocycles. The summed E-state index contributed by atoms with van der Waals surface area (Å²) in [5, 5.41) is 26.0. The molecule has 4 rings (SSSR count). The Morgan fingerprint density at radius 1 is 1.28 bits per heavy atom. The van der Waals surface area contributed by atoms with E-state index in [9.17, 15) is 14.7 Å². The molecule has 0 bridgehead atoms. The maximum atomic E-state index is 13.4. The SMILES string of the molecule is COc1cccc(OC2=CC(=O)N(C(CC3CCCC3)C(=O)Nc3ccn(CC(O)CO)n3)C2)c1Cl. The number of nitrogens with zero attached hydrogens (tertiary/aromatic N) is 3. The van der Waals surface area contributed by atoms with Gasteiger partial charge in [-0.05, 0) is 24.5 Å². The van der Waals surface area contributed by atoms with Crippen molar-refractivity contribution in [2.24, 2.45) is 5.92 Å². The van der Waals surface area contributed by atoms with Crippen LogP contribution < -0.4 is 14.8 Å². The van der Waals surface area contributed by atoms with E-state index in [0.717, 1.165) is 25.7 Å². The van der Waals surface area contributed by atoms with Crippen molar-refractivity contribution < 1.29 is 29.3 Å². The van der Waals surface area contributed by atoms with Crippen LogP contribution in [0.15, 0.2) is 42.3 Å². The van der Waals surface area contributed by atoms with E-state index >= 15 is 0 Å². The molecule has 36 heavy (non-hydrogen) atoms. The summed E-state index contributed by atoms with van der Waals surface area (Å²) in [4.78, 5) is 27.9. The number of ether oxygens (including phenoxy) is 2. The standard InChI is InChI=1S/C25H31ClN4O6/c1-35-20-7-4-8-21(24(20)26)36-18-12-23(33)30(14-18)19(11-16-5-2-3-6-16)25(34)27-22-9-10-29(28-22)13-17(32)15-31/h4,7-10,12,16-17,19,31-32H,2-3,5-6,11,13-15H2,1H3,(H,27,28,34). The molecule has 2 aromatic rings. The van der Waals surface area contributed by atoms with Gasteiger partial charge in [-0.2, -0.15) is 5.10 Å². The first-order valence-corrected chi connectivity index (χ1v) is 12.4. The van der Waals surface area contributed by atoms with Crippen LogP contribution in [0.3, 0.4) is 0 Å². The van der Waals surface area contributed by atoms with Crippen molar-refractivity contribution in [3.05, 3.63) is 47.3 Å². The molecule has 0 saturated heterocycles. The van der Waals surface area contributed by atoms with Crippen LogP contribution in [0.5, 0.6) is 11.5 Å². The molecule has 10 nitrogen and oxygen atoms in total. The van der Waals surface area contributed by atoms with Gasteiger partial charge in [0.1, 0.15) is 28.3 Å². The van der Waals surface area contributed by atoms with Crippen LogP contribution >= 0.6 is 11.6 Å². The maximum Gasteiger partial charge on any atom is 0.251 e. The zero-order valence-corrected chi connectivity index (χ0v) is 20.9. The quantitative estimate of drug-likeness (QED) is 0.417. The first kappa shape index (κ1) is 26.0. The van der Waals surface area contributed by atoms with Gasteiger partial charge in [-0.1, -0.05) is 43.4 Å². The number of hydrogen-bond donors (Lipinski definition) is 3.